The van der Waals surface area contributed by atoms with Gasteiger partial charge in [-0.25, -0.2) is 9.78 Å². The molecular weight excluding hydrogens is 428 g/mol. The van der Waals surface area contributed by atoms with Crippen LogP contribution in [0, 0.1) is 0 Å². The molecule has 2 heterocycles. The van der Waals surface area contributed by atoms with Crippen molar-refractivity contribution in [1.29, 1.82) is 0 Å². The van der Waals surface area contributed by atoms with E-state index in [1.165, 1.54) is 11.1 Å². The van der Waals surface area contributed by atoms with E-state index in [1.54, 1.807) is 26.2 Å². The summed E-state index contributed by atoms with van der Waals surface area (Å²) in [5, 5.41) is 2.98. The number of amides is 2. The molecule has 1 aromatic heterocycles. The van der Waals surface area contributed by atoms with E-state index in [4.69, 9.17) is 9.47 Å². The molecule has 0 atom stereocenters. The van der Waals surface area contributed by atoms with Crippen LogP contribution in [0.1, 0.15) is 22.3 Å². The van der Waals surface area contributed by atoms with Crippen LogP contribution in [0.2, 0.25) is 0 Å². The maximum atomic E-state index is 12.5. The molecule has 1 aliphatic heterocycles. The predicted molar refractivity (Wildman–Crippen MR) is 134 cm³/mol. The first kappa shape index (κ1) is 23.4. The van der Waals surface area contributed by atoms with Gasteiger partial charge in [0.15, 0.2) is 11.5 Å². The topological polar surface area (TPSA) is 66.9 Å². The number of methoxy groups -OCH3 is 2. The third-order valence-corrected chi connectivity index (χ3v) is 6.24. The Morgan fingerprint density at radius 1 is 1.03 bits per heavy atom. The van der Waals surface area contributed by atoms with Crippen LogP contribution >= 0.6 is 0 Å². The normalized spacial score (nSPS) is 12.6. The highest BCUT2D eigenvalue weighted by atomic mass is 16.5. The molecule has 1 aliphatic rings. The SMILES string of the molecule is COc1ccc(CCN(C)C(=O)NCc2ccc(N3CCc4ccccc4C3)nc2)cc1OC. The van der Waals surface area contributed by atoms with Gasteiger partial charge in [0.25, 0.3) is 0 Å². The van der Waals surface area contributed by atoms with Crippen LogP contribution in [-0.4, -0.2) is 50.3 Å². The number of carbonyl (C=O) groups is 1. The maximum Gasteiger partial charge on any atom is 0.317 e. The fourth-order valence-corrected chi connectivity index (χ4v) is 4.15. The lowest BCUT2D eigenvalue weighted by molar-refractivity contribution is 0.209. The third-order valence-electron chi connectivity index (χ3n) is 6.24. The van der Waals surface area contributed by atoms with E-state index in [0.29, 0.717) is 24.6 Å². The number of ether oxygens (including phenoxy) is 2. The number of pyridine rings is 1. The minimum Gasteiger partial charge on any atom is -0.493 e. The molecule has 0 unspecified atom stereocenters. The molecule has 4 rings (SSSR count). The Bertz CT molecular complexity index is 1120. The van der Waals surface area contributed by atoms with Gasteiger partial charge >= 0.3 is 6.03 Å². The summed E-state index contributed by atoms with van der Waals surface area (Å²) in [6.45, 7) is 2.87. The molecule has 0 spiro atoms. The van der Waals surface area contributed by atoms with E-state index < -0.39 is 0 Å². The Kier molecular flexibility index (Phi) is 7.52. The monoisotopic (exact) mass is 460 g/mol. The Morgan fingerprint density at radius 2 is 1.79 bits per heavy atom. The molecule has 2 aromatic carbocycles. The highest BCUT2D eigenvalue weighted by Gasteiger charge is 2.17. The number of nitrogens with zero attached hydrogens (tertiary/aromatic N) is 3. The molecular formula is C27H32N4O3. The Balaban J connectivity index is 1.25. The molecule has 0 saturated heterocycles. The number of benzene rings is 2. The first-order chi connectivity index (χ1) is 16.6. The first-order valence-corrected chi connectivity index (χ1v) is 11.5. The molecule has 1 N–H and O–H groups in total. The van der Waals surface area contributed by atoms with Gasteiger partial charge < -0.3 is 24.6 Å². The van der Waals surface area contributed by atoms with Crippen molar-refractivity contribution in [1.82, 2.24) is 15.2 Å². The van der Waals surface area contributed by atoms with Crippen molar-refractivity contribution in [3.63, 3.8) is 0 Å². The lowest BCUT2D eigenvalue weighted by Gasteiger charge is -2.29. The number of aromatic nitrogens is 1. The summed E-state index contributed by atoms with van der Waals surface area (Å²) < 4.78 is 10.6. The van der Waals surface area contributed by atoms with Crippen LogP contribution in [0.15, 0.2) is 60.8 Å². The number of carbonyl (C=O) groups excluding carboxylic acids is 1. The minimum atomic E-state index is -0.114. The van der Waals surface area contributed by atoms with Gasteiger partial charge in [0, 0.05) is 39.4 Å². The van der Waals surface area contributed by atoms with Crippen molar-refractivity contribution in [2.45, 2.75) is 25.9 Å². The number of hydrogen-bond acceptors (Lipinski definition) is 5. The number of hydrogen-bond donors (Lipinski definition) is 1. The second-order valence-corrected chi connectivity index (χ2v) is 8.48. The summed E-state index contributed by atoms with van der Waals surface area (Å²) in [5.74, 6) is 2.36. The Labute approximate surface area is 201 Å². The zero-order chi connectivity index (χ0) is 23.9. The summed E-state index contributed by atoms with van der Waals surface area (Å²) in [6, 6.07) is 18.4. The fraction of sp³-hybridized carbons (Fsp3) is 0.333. The van der Waals surface area contributed by atoms with Crippen LogP contribution < -0.4 is 19.7 Å². The van der Waals surface area contributed by atoms with Crippen molar-refractivity contribution in [3.8, 4) is 11.5 Å². The maximum absolute atomic E-state index is 12.5. The van der Waals surface area contributed by atoms with Crippen molar-refractivity contribution in [2.24, 2.45) is 0 Å². The average molecular weight is 461 g/mol. The van der Waals surface area contributed by atoms with Gasteiger partial charge in [-0.15, -0.1) is 0 Å². The van der Waals surface area contributed by atoms with Crippen LogP contribution in [0.4, 0.5) is 10.6 Å². The molecule has 3 aromatic rings. The first-order valence-electron chi connectivity index (χ1n) is 11.5. The second-order valence-electron chi connectivity index (χ2n) is 8.48. The minimum absolute atomic E-state index is 0.114. The molecule has 0 aliphatic carbocycles. The van der Waals surface area contributed by atoms with Gasteiger partial charge in [-0.05, 0) is 53.3 Å². The summed E-state index contributed by atoms with van der Waals surface area (Å²) in [5.41, 5.74) is 4.84. The van der Waals surface area contributed by atoms with E-state index >= 15 is 0 Å². The number of rotatable bonds is 8. The Hall–Kier alpha value is -3.74. The van der Waals surface area contributed by atoms with E-state index in [1.807, 2.05) is 36.5 Å². The predicted octanol–water partition coefficient (Wildman–Crippen LogP) is 4.05. The zero-order valence-electron chi connectivity index (χ0n) is 20.1. The summed E-state index contributed by atoms with van der Waals surface area (Å²) in [4.78, 5) is 21.2. The van der Waals surface area contributed by atoms with E-state index in [2.05, 4.69) is 39.5 Å². The van der Waals surface area contributed by atoms with E-state index in [-0.39, 0.29) is 6.03 Å². The van der Waals surface area contributed by atoms with Gasteiger partial charge in [0.2, 0.25) is 0 Å². The van der Waals surface area contributed by atoms with Gasteiger partial charge in [-0.1, -0.05) is 36.4 Å². The molecule has 0 fully saturated rings. The summed E-state index contributed by atoms with van der Waals surface area (Å²) >= 11 is 0. The van der Waals surface area contributed by atoms with E-state index in [0.717, 1.165) is 42.9 Å². The number of nitrogens with one attached hydrogen (secondary N) is 1. The van der Waals surface area contributed by atoms with Crippen molar-refractivity contribution >= 4 is 11.8 Å². The average Bonchev–Trinajstić information content (AvgIpc) is 2.90. The fourth-order valence-electron chi connectivity index (χ4n) is 4.15. The standard InChI is InChI=1S/C27H32N4O3/c1-30(14-12-20-8-10-24(33-2)25(16-20)34-3)27(32)29-18-21-9-11-26(28-17-21)31-15-13-22-6-4-5-7-23(22)19-31/h4-11,16-17H,12-15,18-19H2,1-3H3,(H,29,32). The third kappa shape index (κ3) is 5.60. The second kappa shape index (κ2) is 10.9. The van der Waals surface area contributed by atoms with Crippen LogP contribution in [0.5, 0.6) is 11.5 Å². The number of likely N-dealkylation sites (N-methyl/N-ethyl adjacent to an activating group) is 1. The molecule has 0 saturated carbocycles. The molecule has 0 radical (unpaired) electrons. The van der Waals surface area contributed by atoms with Crippen molar-refractivity contribution in [3.05, 3.63) is 83.0 Å². The molecule has 178 valence electrons. The highest BCUT2D eigenvalue weighted by Crippen LogP contribution is 2.27. The van der Waals surface area contributed by atoms with Crippen LogP contribution in [0.25, 0.3) is 0 Å². The number of anilines is 1. The van der Waals surface area contributed by atoms with Crippen molar-refractivity contribution < 1.29 is 14.3 Å². The van der Waals surface area contributed by atoms with E-state index in [9.17, 15) is 4.79 Å². The number of fused-ring (bicyclic) bond motifs is 1. The van der Waals surface area contributed by atoms with Crippen LogP contribution in [0.3, 0.4) is 0 Å². The smallest absolute Gasteiger partial charge is 0.317 e. The highest BCUT2D eigenvalue weighted by molar-refractivity contribution is 5.73. The van der Waals surface area contributed by atoms with Crippen molar-refractivity contribution in [2.75, 3.05) is 39.3 Å². The molecule has 2 amide bonds. The largest absolute Gasteiger partial charge is 0.493 e. The zero-order valence-corrected chi connectivity index (χ0v) is 20.1. The summed E-state index contributed by atoms with van der Waals surface area (Å²) in [6.07, 6.45) is 3.60. The lowest BCUT2D eigenvalue weighted by atomic mass is 10.00. The quantitative estimate of drug-likeness (QED) is 0.550. The van der Waals surface area contributed by atoms with Crippen LogP contribution in [-0.2, 0) is 25.9 Å². The van der Waals surface area contributed by atoms with Gasteiger partial charge in [-0.3, -0.25) is 0 Å². The van der Waals surface area contributed by atoms with Gasteiger partial charge in [-0.2, -0.15) is 0 Å². The molecule has 7 heteroatoms. The molecule has 34 heavy (non-hydrogen) atoms. The van der Waals surface area contributed by atoms with Gasteiger partial charge in [0.1, 0.15) is 5.82 Å². The lowest BCUT2D eigenvalue weighted by Crippen LogP contribution is -2.38. The molecule has 7 nitrogen and oxygen atoms in total. The summed E-state index contributed by atoms with van der Waals surface area (Å²) in [7, 11) is 5.03. The number of urea groups is 1. The Morgan fingerprint density at radius 3 is 2.53 bits per heavy atom. The molecule has 0 bridgehead atoms. The van der Waals surface area contributed by atoms with Gasteiger partial charge in [0.05, 0.1) is 14.2 Å².